The summed E-state index contributed by atoms with van der Waals surface area (Å²) in [6.07, 6.45) is 1.60. The molecule has 1 heterocycles. The predicted octanol–water partition coefficient (Wildman–Crippen LogP) is 3.18. The van der Waals surface area contributed by atoms with E-state index in [0.717, 1.165) is 13.1 Å². The number of phenolic OH excluding ortho intramolecular Hbond substituents is 1. The average molecular weight is 259 g/mol. The molecule has 2 aromatic rings. The number of hydrogen-bond acceptors (Lipinski definition) is 5. The van der Waals surface area contributed by atoms with E-state index in [-0.39, 0.29) is 5.75 Å². The summed E-state index contributed by atoms with van der Waals surface area (Å²) in [6, 6.07) is 5.10. The smallest absolute Gasteiger partial charge is 0.146 e. The zero-order valence-corrected chi connectivity index (χ0v) is 11.1. The van der Waals surface area contributed by atoms with Crippen molar-refractivity contribution in [2.24, 2.45) is 5.18 Å². The first kappa shape index (κ1) is 13.4. The van der Waals surface area contributed by atoms with Crippen LogP contribution in [0.15, 0.2) is 29.6 Å². The zero-order valence-electron chi connectivity index (χ0n) is 11.1. The Labute approximate surface area is 111 Å². The third-order valence-corrected chi connectivity index (χ3v) is 3.31. The minimum Gasteiger partial charge on any atom is -0.505 e. The largest absolute Gasteiger partial charge is 0.505 e. The van der Waals surface area contributed by atoms with Crippen LogP contribution in [0.3, 0.4) is 0 Å². The summed E-state index contributed by atoms with van der Waals surface area (Å²) in [5, 5.41) is 13.9. The van der Waals surface area contributed by atoms with E-state index in [4.69, 9.17) is 0 Å². The Morgan fingerprint density at radius 3 is 2.74 bits per heavy atom. The van der Waals surface area contributed by atoms with Crippen molar-refractivity contribution >= 4 is 16.6 Å². The SMILES string of the molecule is CCN(CC)Cc1cc(N=O)c2cccnc2c1O. The Hall–Kier alpha value is -2.01. The molecule has 0 aliphatic rings. The number of aromatic hydroxyl groups is 1. The van der Waals surface area contributed by atoms with E-state index in [1.54, 1.807) is 24.4 Å². The van der Waals surface area contributed by atoms with Crippen LogP contribution >= 0.6 is 0 Å². The van der Waals surface area contributed by atoms with Gasteiger partial charge in [-0.25, -0.2) is 0 Å². The minimum atomic E-state index is 0.134. The molecule has 0 aliphatic heterocycles. The predicted molar refractivity (Wildman–Crippen MR) is 75.5 cm³/mol. The molecule has 1 aromatic heterocycles. The Kier molecular flexibility index (Phi) is 4.06. The second-order valence-electron chi connectivity index (χ2n) is 4.36. The van der Waals surface area contributed by atoms with Crippen LogP contribution in [0.2, 0.25) is 0 Å². The van der Waals surface area contributed by atoms with Crippen molar-refractivity contribution in [1.82, 2.24) is 9.88 Å². The van der Waals surface area contributed by atoms with E-state index in [9.17, 15) is 10.0 Å². The van der Waals surface area contributed by atoms with Gasteiger partial charge in [-0.1, -0.05) is 13.8 Å². The summed E-state index contributed by atoms with van der Waals surface area (Å²) >= 11 is 0. The van der Waals surface area contributed by atoms with E-state index >= 15 is 0 Å². The summed E-state index contributed by atoms with van der Waals surface area (Å²) < 4.78 is 0. The maximum absolute atomic E-state index is 10.9. The fourth-order valence-corrected chi connectivity index (χ4v) is 2.15. The Balaban J connectivity index is 2.56. The molecule has 0 saturated heterocycles. The van der Waals surface area contributed by atoms with E-state index < -0.39 is 0 Å². The highest BCUT2D eigenvalue weighted by molar-refractivity contribution is 5.94. The Bertz CT molecular complexity index is 595. The first-order valence-electron chi connectivity index (χ1n) is 6.36. The molecule has 0 fully saturated rings. The molecular formula is C14H17N3O2. The van der Waals surface area contributed by atoms with Gasteiger partial charge in [-0.2, -0.15) is 0 Å². The molecule has 100 valence electrons. The fraction of sp³-hybridized carbons (Fsp3) is 0.357. The van der Waals surface area contributed by atoms with Crippen LogP contribution in [-0.4, -0.2) is 28.1 Å². The van der Waals surface area contributed by atoms with Crippen LogP contribution in [0.1, 0.15) is 19.4 Å². The summed E-state index contributed by atoms with van der Waals surface area (Å²) in [4.78, 5) is 17.2. The van der Waals surface area contributed by atoms with Gasteiger partial charge in [0.1, 0.15) is 17.0 Å². The number of phenols is 1. The number of hydrogen-bond donors (Lipinski definition) is 1. The lowest BCUT2D eigenvalue weighted by Gasteiger charge is -2.19. The lowest BCUT2D eigenvalue weighted by Crippen LogP contribution is -2.22. The third-order valence-electron chi connectivity index (χ3n) is 3.31. The summed E-state index contributed by atoms with van der Waals surface area (Å²) in [7, 11) is 0. The molecule has 1 aromatic carbocycles. The van der Waals surface area contributed by atoms with E-state index in [1.807, 2.05) is 0 Å². The highest BCUT2D eigenvalue weighted by Gasteiger charge is 2.14. The molecule has 0 spiro atoms. The molecule has 5 nitrogen and oxygen atoms in total. The lowest BCUT2D eigenvalue weighted by atomic mass is 10.1. The molecule has 0 amide bonds. The number of fused-ring (bicyclic) bond motifs is 1. The highest BCUT2D eigenvalue weighted by Crippen LogP contribution is 2.35. The Morgan fingerprint density at radius 2 is 2.11 bits per heavy atom. The van der Waals surface area contributed by atoms with Gasteiger partial charge in [0, 0.05) is 23.7 Å². The van der Waals surface area contributed by atoms with Crippen LogP contribution in [0.5, 0.6) is 5.75 Å². The van der Waals surface area contributed by atoms with Crippen molar-refractivity contribution in [3.63, 3.8) is 0 Å². The van der Waals surface area contributed by atoms with Gasteiger partial charge in [-0.05, 0) is 36.5 Å². The topological polar surface area (TPSA) is 65.8 Å². The maximum atomic E-state index is 10.9. The molecule has 0 atom stereocenters. The van der Waals surface area contributed by atoms with E-state index in [0.29, 0.717) is 28.7 Å². The van der Waals surface area contributed by atoms with Gasteiger partial charge in [0.2, 0.25) is 0 Å². The van der Waals surface area contributed by atoms with Crippen molar-refractivity contribution in [2.75, 3.05) is 13.1 Å². The van der Waals surface area contributed by atoms with E-state index in [2.05, 4.69) is 28.9 Å². The quantitative estimate of drug-likeness (QED) is 0.837. The first-order chi connectivity index (χ1) is 9.21. The normalized spacial score (nSPS) is 11.1. The molecule has 0 aliphatic carbocycles. The van der Waals surface area contributed by atoms with E-state index in [1.165, 1.54) is 0 Å². The second kappa shape index (κ2) is 5.75. The Morgan fingerprint density at radius 1 is 1.37 bits per heavy atom. The maximum Gasteiger partial charge on any atom is 0.146 e. The summed E-state index contributed by atoms with van der Waals surface area (Å²) in [6.45, 7) is 6.44. The summed E-state index contributed by atoms with van der Waals surface area (Å²) in [5.74, 6) is 0.134. The van der Waals surface area contributed by atoms with Gasteiger partial charge in [-0.15, -0.1) is 4.91 Å². The highest BCUT2D eigenvalue weighted by atomic mass is 16.3. The minimum absolute atomic E-state index is 0.134. The molecule has 0 radical (unpaired) electrons. The molecule has 0 saturated carbocycles. The van der Waals surface area contributed by atoms with Crippen molar-refractivity contribution in [3.05, 3.63) is 34.9 Å². The molecule has 0 bridgehead atoms. The lowest BCUT2D eigenvalue weighted by molar-refractivity contribution is 0.291. The van der Waals surface area contributed by atoms with Crippen LogP contribution in [0.4, 0.5) is 5.69 Å². The van der Waals surface area contributed by atoms with Gasteiger partial charge < -0.3 is 5.11 Å². The molecule has 5 heteroatoms. The van der Waals surface area contributed by atoms with Gasteiger partial charge in [0.15, 0.2) is 0 Å². The number of pyridine rings is 1. The standard InChI is InChI=1S/C14H17N3O2/c1-3-17(4-2)9-10-8-12(16-19)11-6-5-7-15-13(11)14(10)18/h5-8,18H,3-4,9H2,1-2H3. The number of nitrogens with zero attached hydrogens (tertiary/aromatic N) is 3. The number of benzene rings is 1. The van der Waals surface area contributed by atoms with Crippen LogP contribution < -0.4 is 0 Å². The van der Waals surface area contributed by atoms with Crippen LogP contribution in [0, 0.1) is 4.91 Å². The van der Waals surface area contributed by atoms with Gasteiger partial charge in [0.25, 0.3) is 0 Å². The van der Waals surface area contributed by atoms with Crippen molar-refractivity contribution in [1.29, 1.82) is 0 Å². The van der Waals surface area contributed by atoms with Gasteiger partial charge in [-0.3, -0.25) is 9.88 Å². The monoisotopic (exact) mass is 259 g/mol. The first-order valence-corrected chi connectivity index (χ1v) is 6.36. The van der Waals surface area contributed by atoms with Gasteiger partial charge >= 0.3 is 0 Å². The second-order valence-corrected chi connectivity index (χ2v) is 4.36. The molecule has 0 unspecified atom stereocenters. The molecule has 1 N–H and O–H groups in total. The fourth-order valence-electron chi connectivity index (χ4n) is 2.15. The third kappa shape index (κ3) is 2.56. The number of rotatable bonds is 5. The molecule has 2 rings (SSSR count). The van der Waals surface area contributed by atoms with Crippen LogP contribution in [-0.2, 0) is 6.54 Å². The van der Waals surface area contributed by atoms with Crippen LogP contribution in [0.25, 0.3) is 10.9 Å². The van der Waals surface area contributed by atoms with Crippen molar-refractivity contribution in [3.8, 4) is 5.75 Å². The van der Waals surface area contributed by atoms with Crippen molar-refractivity contribution in [2.45, 2.75) is 20.4 Å². The van der Waals surface area contributed by atoms with Gasteiger partial charge in [0.05, 0.1) is 0 Å². The molecular weight excluding hydrogens is 242 g/mol. The zero-order chi connectivity index (χ0) is 13.8. The summed E-state index contributed by atoms with van der Waals surface area (Å²) in [5.41, 5.74) is 1.44. The number of aromatic nitrogens is 1. The molecule has 19 heavy (non-hydrogen) atoms. The average Bonchev–Trinajstić information content (AvgIpc) is 2.47. The number of nitroso groups, excluding NO2 is 1. The van der Waals surface area contributed by atoms with Crippen molar-refractivity contribution < 1.29 is 5.11 Å².